The normalized spacial score (nSPS) is 11.1. The molecule has 1 heterocycles. The van der Waals surface area contributed by atoms with Crippen molar-refractivity contribution in [3.63, 3.8) is 0 Å². The number of pyridine rings is 1. The van der Waals surface area contributed by atoms with Gasteiger partial charge in [-0.3, -0.25) is 9.59 Å². The Bertz CT molecular complexity index is 1010. The van der Waals surface area contributed by atoms with Crippen molar-refractivity contribution in [2.24, 2.45) is 0 Å². The first-order valence-electron chi connectivity index (χ1n) is 6.64. The number of fused-ring (bicyclic) bond motifs is 2. The van der Waals surface area contributed by atoms with E-state index in [0.717, 1.165) is 0 Å². The second kappa shape index (κ2) is 5.76. The van der Waals surface area contributed by atoms with Crippen LogP contribution in [0.15, 0.2) is 35.1 Å². The van der Waals surface area contributed by atoms with Gasteiger partial charge in [-0.2, -0.15) is 0 Å². The molecular weight excluding hydrogens is 341 g/mol. The van der Waals surface area contributed by atoms with Crippen LogP contribution in [0.3, 0.4) is 0 Å². The van der Waals surface area contributed by atoms with Crippen LogP contribution in [-0.4, -0.2) is 22.8 Å². The molecule has 0 radical (unpaired) electrons. The van der Waals surface area contributed by atoms with Gasteiger partial charge in [0.15, 0.2) is 5.43 Å². The average molecular weight is 352 g/mol. The number of carbonyl (C=O) groups is 1. The number of ether oxygens (including phenoxy) is 1. The van der Waals surface area contributed by atoms with Crippen LogP contribution >= 0.6 is 23.2 Å². The van der Waals surface area contributed by atoms with Crippen LogP contribution in [0.2, 0.25) is 10.0 Å². The maximum Gasteiger partial charge on any atom is 0.323 e. The van der Waals surface area contributed by atoms with Gasteiger partial charge in [0.25, 0.3) is 0 Å². The third-order valence-corrected chi connectivity index (χ3v) is 4.41. The third-order valence-electron chi connectivity index (χ3n) is 3.62. The van der Waals surface area contributed by atoms with Gasteiger partial charge in [-0.15, -0.1) is 0 Å². The lowest BCUT2D eigenvalue weighted by Gasteiger charge is -2.15. The van der Waals surface area contributed by atoms with Gasteiger partial charge >= 0.3 is 5.97 Å². The highest BCUT2D eigenvalue weighted by Gasteiger charge is 2.17. The number of rotatable bonds is 3. The molecule has 1 N–H and O–H groups in total. The van der Waals surface area contributed by atoms with E-state index in [1.807, 2.05) is 0 Å². The molecule has 0 aliphatic rings. The van der Waals surface area contributed by atoms with E-state index in [4.69, 9.17) is 27.9 Å². The lowest BCUT2D eigenvalue weighted by Crippen LogP contribution is -2.16. The van der Waals surface area contributed by atoms with E-state index in [2.05, 4.69) is 0 Å². The number of methoxy groups -OCH3 is 1. The largest absolute Gasteiger partial charge is 0.497 e. The maximum atomic E-state index is 12.7. The third kappa shape index (κ3) is 2.52. The monoisotopic (exact) mass is 351 g/mol. The Morgan fingerprint density at radius 1 is 1.22 bits per heavy atom. The SMILES string of the molecule is COc1ccc2c(=O)c3ccc(Cl)c(Cl)c3n(CC(=O)O)c2c1. The molecular formula is C16H11Cl2NO4. The van der Waals surface area contributed by atoms with Gasteiger partial charge in [0.05, 0.1) is 28.2 Å². The zero-order valence-corrected chi connectivity index (χ0v) is 13.5. The number of carboxylic acid groups (broad SMARTS) is 1. The Balaban J connectivity index is 2.60. The summed E-state index contributed by atoms with van der Waals surface area (Å²) in [6, 6.07) is 7.94. The predicted octanol–water partition coefficient (Wildman–Crippen LogP) is 3.55. The number of hydrogen-bond acceptors (Lipinski definition) is 3. The van der Waals surface area contributed by atoms with E-state index < -0.39 is 5.97 Å². The molecule has 0 atom stereocenters. The van der Waals surface area contributed by atoms with Gasteiger partial charge in [-0.25, -0.2) is 0 Å². The number of carboxylic acids is 1. The van der Waals surface area contributed by atoms with Crippen molar-refractivity contribution in [1.82, 2.24) is 4.57 Å². The van der Waals surface area contributed by atoms with Crippen molar-refractivity contribution in [1.29, 1.82) is 0 Å². The number of halogens is 2. The summed E-state index contributed by atoms with van der Waals surface area (Å²) in [5.41, 5.74) is 0.485. The number of aliphatic carboxylic acids is 1. The Kier molecular flexibility index (Phi) is 3.92. The lowest BCUT2D eigenvalue weighted by molar-refractivity contribution is -0.137. The summed E-state index contributed by atoms with van der Waals surface area (Å²) in [5.74, 6) is -0.552. The lowest BCUT2D eigenvalue weighted by atomic mass is 10.1. The quantitative estimate of drug-likeness (QED) is 0.732. The summed E-state index contributed by atoms with van der Waals surface area (Å²) in [6.45, 7) is -0.361. The van der Waals surface area contributed by atoms with Crippen LogP contribution in [-0.2, 0) is 11.3 Å². The molecule has 0 spiro atoms. The minimum Gasteiger partial charge on any atom is -0.497 e. The highest BCUT2D eigenvalue weighted by Crippen LogP contribution is 2.32. The molecule has 0 aliphatic heterocycles. The molecule has 0 fully saturated rings. The molecule has 0 aliphatic carbocycles. The zero-order valence-electron chi connectivity index (χ0n) is 12.0. The first-order valence-corrected chi connectivity index (χ1v) is 7.39. The maximum absolute atomic E-state index is 12.7. The standard InChI is InChI=1S/C16H11Cl2NO4/c1-23-8-2-3-9-12(6-8)19(7-13(20)21)15-10(16(9)22)4-5-11(17)14(15)18/h2-6H,7H2,1H3,(H,20,21). The molecule has 1 aromatic heterocycles. The highest BCUT2D eigenvalue weighted by atomic mass is 35.5. The van der Waals surface area contributed by atoms with E-state index in [1.165, 1.54) is 17.7 Å². The van der Waals surface area contributed by atoms with Gasteiger partial charge in [0.2, 0.25) is 0 Å². The molecule has 2 aromatic carbocycles. The smallest absolute Gasteiger partial charge is 0.323 e. The van der Waals surface area contributed by atoms with Crippen LogP contribution in [0.1, 0.15) is 0 Å². The molecule has 3 aromatic rings. The molecule has 3 rings (SSSR count). The van der Waals surface area contributed by atoms with Crippen molar-refractivity contribution in [2.75, 3.05) is 7.11 Å². The number of benzene rings is 2. The molecule has 0 unspecified atom stereocenters. The van der Waals surface area contributed by atoms with Gasteiger partial charge in [0, 0.05) is 16.8 Å². The molecule has 0 bridgehead atoms. The highest BCUT2D eigenvalue weighted by molar-refractivity contribution is 6.45. The summed E-state index contributed by atoms with van der Waals surface area (Å²) in [4.78, 5) is 24.0. The Hall–Kier alpha value is -2.24. The van der Waals surface area contributed by atoms with Gasteiger partial charge in [0.1, 0.15) is 12.3 Å². The molecule has 0 saturated heterocycles. The van der Waals surface area contributed by atoms with Crippen molar-refractivity contribution in [2.45, 2.75) is 6.54 Å². The van der Waals surface area contributed by atoms with Crippen molar-refractivity contribution in [3.8, 4) is 5.75 Å². The van der Waals surface area contributed by atoms with E-state index in [9.17, 15) is 14.7 Å². The second-order valence-corrected chi connectivity index (χ2v) is 5.73. The molecule has 118 valence electrons. The second-order valence-electron chi connectivity index (χ2n) is 4.95. The van der Waals surface area contributed by atoms with E-state index >= 15 is 0 Å². The van der Waals surface area contributed by atoms with Crippen LogP contribution in [0, 0.1) is 0 Å². The molecule has 7 heteroatoms. The summed E-state index contributed by atoms with van der Waals surface area (Å²) >= 11 is 12.3. The molecule has 0 amide bonds. The first-order chi connectivity index (χ1) is 10.9. The van der Waals surface area contributed by atoms with Crippen molar-refractivity contribution >= 4 is 51.0 Å². The Morgan fingerprint density at radius 2 is 1.91 bits per heavy atom. The fourth-order valence-electron chi connectivity index (χ4n) is 2.61. The van der Waals surface area contributed by atoms with Crippen LogP contribution < -0.4 is 10.2 Å². The fourth-order valence-corrected chi connectivity index (χ4v) is 3.03. The minimum absolute atomic E-state index is 0.146. The van der Waals surface area contributed by atoms with Crippen molar-refractivity contribution in [3.05, 3.63) is 50.6 Å². The van der Waals surface area contributed by atoms with E-state index in [0.29, 0.717) is 27.6 Å². The van der Waals surface area contributed by atoms with Gasteiger partial charge in [-0.05, 0) is 24.3 Å². The van der Waals surface area contributed by atoms with Crippen LogP contribution in [0.25, 0.3) is 21.8 Å². The molecule has 23 heavy (non-hydrogen) atoms. The van der Waals surface area contributed by atoms with Crippen LogP contribution in [0.4, 0.5) is 0 Å². The van der Waals surface area contributed by atoms with E-state index in [-0.39, 0.29) is 22.0 Å². The number of nitrogens with zero attached hydrogens (tertiary/aromatic N) is 1. The van der Waals surface area contributed by atoms with Gasteiger partial charge in [-0.1, -0.05) is 23.2 Å². The first kappa shape index (κ1) is 15.6. The van der Waals surface area contributed by atoms with Crippen molar-refractivity contribution < 1.29 is 14.6 Å². The predicted molar refractivity (Wildman–Crippen MR) is 89.9 cm³/mol. The topological polar surface area (TPSA) is 68.5 Å². The van der Waals surface area contributed by atoms with Gasteiger partial charge < -0.3 is 14.4 Å². The number of aromatic nitrogens is 1. The zero-order chi connectivity index (χ0) is 16.7. The average Bonchev–Trinajstić information content (AvgIpc) is 2.53. The Morgan fingerprint density at radius 3 is 2.57 bits per heavy atom. The fraction of sp³-hybridized carbons (Fsp3) is 0.125. The van der Waals surface area contributed by atoms with Crippen LogP contribution in [0.5, 0.6) is 5.75 Å². The summed E-state index contributed by atoms with van der Waals surface area (Å²) in [5, 5.41) is 10.3. The molecule has 0 saturated carbocycles. The summed E-state index contributed by atoms with van der Waals surface area (Å²) in [6.07, 6.45) is 0. The summed E-state index contributed by atoms with van der Waals surface area (Å²) in [7, 11) is 1.49. The number of hydrogen-bond donors (Lipinski definition) is 1. The molecule has 5 nitrogen and oxygen atoms in total. The summed E-state index contributed by atoms with van der Waals surface area (Å²) < 4.78 is 6.63. The van der Waals surface area contributed by atoms with E-state index in [1.54, 1.807) is 24.3 Å². The Labute approximate surface area is 140 Å². The minimum atomic E-state index is -1.06.